The highest BCUT2D eigenvalue weighted by molar-refractivity contribution is 5.73. The van der Waals surface area contributed by atoms with Crippen molar-refractivity contribution in [2.24, 2.45) is 5.41 Å². The van der Waals surface area contributed by atoms with Gasteiger partial charge in [0.25, 0.3) is 0 Å². The molecule has 0 aromatic carbocycles. The molecular formula is C13H25NO4. The average Bonchev–Trinajstić information content (AvgIpc) is 2.11. The summed E-state index contributed by atoms with van der Waals surface area (Å²) in [6, 6.07) is -0.334. The Morgan fingerprint density at radius 2 is 1.61 bits per heavy atom. The average molecular weight is 259 g/mol. The van der Waals surface area contributed by atoms with Crippen LogP contribution in [-0.4, -0.2) is 30.8 Å². The third-order valence-corrected chi connectivity index (χ3v) is 2.33. The fourth-order valence-electron chi connectivity index (χ4n) is 1.27. The first-order chi connectivity index (χ1) is 7.95. The summed E-state index contributed by atoms with van der Waals surface area (Å²) in [5.41, 5.74) is -0.817. The standard InChI is InChI=1S/C13H25NO4/c1-12(2,3)9(8-10(15)17-7)14-11(16)18-13(4,5)6/h9H,8H2,1-7H3,(H,14,16)/t9-/m1/s1. The summed E-state index contributed by atoms with van der Waals surface area (Å²) in [4.78, 5) is 23.0. The number of nitrogens with one attached hydrogen (secondary N) is 1. The molecule has 0 saturated heterocycles. The van der Waals surface area contributed by atoms with Gasteiger partial charge in [0.1, 0.15) is 5.60 Å². The van der Waals surface area contributed by atoms with E-state index in [-0.39, 0.29) is 23.8 Å². The van der Waals surface area contributed by atoms with Crippen LogP contribution in [0.2, 0.25) is 0 Å². The molecule has 106 valence electrons. The van der Waals surface area contributed by atoms with Crippen LogP contribution in [0, 0.1) is 5.41 Å². The van der Waals surface area contributed by atoms with Gasteiger partial charge in [0.15, 0.2) is 0 Å². The molecule has 0 aliphatic rings. The van der Waals surface area contributed by atoms with E-state index in [4.69, 9.17) is 4.74 Å². The molecule has 0 aliphatic heterocycles. The highest BCUT2D eigenvalue weighted by atomic mass is 16.6. The Morgan fingerprint density at radius 3 is 1.94 bits per heavy atom. The Morgan fingerprint density at radius 1 is 1.11 bits per heavy atom. The van der Waals surface area contributed by atoms with E-state index in [9.17, 15) is 9.59 Å². The second-order valence-corrected chi connectivity index (χ2v) is 6.35. The zero-order chi connectivity index (χ0) is 14.6. The Hall–Kier alpha value is -1.26. The number of alkyl carbamates (subject to hydrolysis) is 1. The highest BCUT2D eigenvalue weighted by Crippen LogP contribution is 2.22. The molecule has 5 heteroatoms. The van der Waals surface area contributed by atoms with Gasteiger partial charge < -0.3 is 14.8 Å². The zero-order valence-electron chi connectivity index (χ0n) is 12.4. The molecule has 1 atom stereocenters. The maximum absolute atomic E-state index is 11.7. The van der Waals surface area contributed by atoms with Gasteiger partial charge in [-0.2, -0.15) is 0 Å². The number of methoxy groups -OCH3 is 1. The maximum Gasteiger partial charge on any atom is 0.407 e. The lowest BCUT2D eigenvalue weighted by Crippen LogP contribution is -2.47. The minimum Gasteiger partial charge on any atom is -0.469 e. The lowest BCUT2D eigenvalue weighted by molar-refractivity contribution is -0.141. The fourth-order valence-corrected chi connectivity index (χ4v) is 1.27. The Labute approximate surface area is 109 Å². The summed E-state index contributed by atoms with van der Waals surface area (Å²) in [7, 11) is 1.33. The van der Waals surface area contributed by atoms with Crippen molar-refractivity contribution in [3.8, 4) is 0 Å². The molecule has 0 spiro atoms. The van der Waals surface area contributed by atoms with Crippen molar-refractivity contribution < 1.29 is 19.1 Å². The van der Waals surface area contributed by atoms with Gasteiger partial charge >= 0.3 is 12.1 Å². The molecule has 0 aromatic rings. The van der Waals surface area contributed by atoms with E-state index in [1.165, 1.54) is 7.11 Å². The predicted molar refractivity (Wildman–Crippen MR) is 69.2 cm³/mol. The van der Waals surface area contributed by atoms with Crippen LogP contribution in [0.1, 0.15) is 48.0 Å². The van der Waals surface area contributed by atoms with E-state index in [1.54, 1.807) is 20.8 Å². The van der Waals surface area contributed by atoms with Crippen molar-refractivity contribution in [3.05, 3.63) is 0 Å². The van der Waals surface area contributed by atoms with Crippen molar-refractivity contribution in [2.45, 2.75) is 59.6 Å². The van der Waals surface area contributed by atoms with E-state index in [0.717, 1.165) is 0 Å². The minimum atomic E-state index is -0.558. The molecule has 0 bridgehead atoms. The third kappa shape index (κ3) is 7.14. The monoisotopic (exact) mass is 259 g/mol. The van der Waals surface area contributed by atoms with E-state index in [1.807, 2.05) is 20.8 Å². The van der Waals surface area contributed by atoms with Crippen LogP contribution in [0.25, 0.3) is 0 Å². The van der Waals surface area contributed by atoms with Gasteiger partial charge in [0, 0.05) is 6.04 Å². The third-order valence-electron chi connectivity index (χ3n) is 2.33. The van der Waals surface area contributed by atoms with Crippen LogP contribution in [0.3, 0.4) is 0 Å². The molecule has 0 saturated carbocycles. The summed E-state index contributed by atoms with van der Waals surface area (Å²) in [6.07, 6.45) is -0.398. The molecule has 18 heavy (non-hydrogen) atoms. The molecule has 5 nitrogen and oxygen atoms in total. The molecule has 0 radical (unpaired) electrons. The largest absolute Gasteiger partial charge is 0.469 e. The van der Waals surface area contributed by atoms with E-state index in [2.05, 4.69) is 10.1 Å². The summed E-state index contributed by atoms with van der Waals surface area (Å²) < 4.78 is 9.80. The van der Waals surface area contributed by atoms with Gasteiger partial charge in [-0.25, -0.2) is 4.79 Å². The van der Waals surface area contributed by atoms with E-state index >= 15 is 0 Å². The number of rotatable bonds is 3. The fraction of sp³-hybridized carbons (Fsp3) is 0.846. The number of carbonyl (C=O) groups excluding carboxylic acids is 2. The molecular weight excluding hydrogens is 234 g/mol. The quantitative estimate of drug-likeness (QED) is 0.791. The second-order valence-electron chi connectivity index (χ2n) is 6.35. The summed E-state index contributed by atoms with van der Waals surface area (Å²) in [5, 5.41) is 2.72. The van der Waals surface area contributed by atoms with Crippen LogP contribution < -0.4 is 5.32 Å². The zero-order valence-corrected chi connectivity index (χ0v) is 12.4. The van der Waals surface area contributed by atoms with Crippen molar-refractivity contribution in [3.63, 3.8) is 0 Å². The van der Waals surface area contributed by atoms with Crippen LogP contribution in [0.5, 0.6) is 0 Å². The number of carbonyl (C=O) groups is 2. The Balaban J connectivity index is 4.61. The molecule has 0 fully saturated rings. The first-order valence-corrected chi connectivity index (χ1v) is 6.02. The molecule has 0 heterocycles. The van der Waals surface area contributed by atoms with Crippen LogP contribution in [0.15, 0.2) is 0 Å². The van der Waals surface area contributed by atoms with Crippen molar-refractivity contribution in [1.29, 1.82) is 0 Å². The lowest BCUT2D eigenvalue weighted by atomic mass is 9.85. The first kappa shape index (κ1) is 16.7. The lowest BCUT2D eigenvalue weighted by Gasteiger charge is -2.31. The number of ether oxygens (including phenoxy) is 2. The van der Waals surface area contributed by atoms with Crippen LogP contribution in [0.4, 0.5) is 4.79 Å². The Kier molecular flexibility index (Phi) is 5.64. The van der Waals surface area contributed by atoms with Gasteiger partial charge in [-0.05, 0) is 26.2 Å². The second kappa shape index (κ2) is 6.07. The number of amides is 1. The number of hydrogen-bond donors (Lipinski definition) is 1. The first-order valence-electron chi connectivity index (χ1n) is 6.02. The normalized spacial score (nSPS) is 13.7. The SMILES string of the molecule is COC(=O)C[C@@H](NC(=O)OC(C)(C)C)C(C)(C)C. The maximum atomic E-state index is 11.7. The molecule has 0 aromatic heterocycles. The number of esters is 1. The summed E-state index contributed by atoms with van der Waals surface area (Å²) >= 11 is 0. The van der Waals surface area contributed by atoms with Gasteiger partial charge in [-0.15, -0.1) is 0 Å². The molecule has 0 unspecified atom stereocenters. The molecule has 0 aliphatic carbocycles. The van der Waals surface area contributed by atoms with Gasteiger partial charge in [0.2, 0.25) is 0 Å². The van der Waals surface area contributed by atoms with Crippen molar-refractivity contribution >= 4 is 12.1 Å². The Bertz CT molecular complexity index is 299. The van der Waals surface area contributed by atoms with Crippen molar-refractivity contribution in [1.82, 2.24) is 5.32 Å². The topological polar surface area (TPSA) is 64.6 Å². The van der Waals surface area contributed by atoms with Gasteiger partial charge in [0.05, 0.1) is 13.5 Å². The summed E-state index contributed by atoms with van der Waals surface area (Å²) in [5.74, 6) is -0.356. The summed E-state index contributed by atoms with van der Waals surface area (Å²) in [6.45, 7) is 11.2. The van der Waals surface area contributed by atoms with Gasteiger partial charge in [-0.1, -0.05) is 20.8 Å². The minimum absolute atomic E-state index is 0.124. The predicted octanol–water partition coefficient (Wildman–Crippen LogP) is 2.49. The smallest absolute Gasteiger partial charge is 0.407 e. The molecule has 0 rings (SSSR count). The van der Waals surface area contributed by atoms with Crippen LogP contribution in [-0.2, 0) is 14.3 Å². The van der Waals surface area contributed by atoms with E-state index in [0.29, 0.717) is 0 Å². The molecule has 1 N–H and O–H groups in total. The molecule has 1 amide bonds. The highest BCUT2D eigenvalue weighted by Gasteiger charge is 2.30. The number of hydrogen-bond acceptors (Lipinski definition) is 4. The van der Waals surface area contributed by atoms with Crippen LogP contribution >= 0.6 is 0 Å². The van der Waals surface area contributed by atoms with Crippen molar-refractivity contribution in [2.75, 3.05) is 7.11 Å². The van der Waals surface area contributed by atoms with Gasteiger partial charge in [-0.3, -0.25) is 4.79 Å². The van der Waals surface area contributed by atoms with E-state index < -0.39 is 11.7 Å².